The van der Waals surface area contributed by atoms with Crippen molar-refractivity contribution in [3.8, 4) is 11.3 Å². The molecule has 3 aromatic rings. The molecule has 0 aliphatic carbocycles. The van der Waals surface area contributed by atoms with E-state index in [9.17, 15) is 9.59 Å². The van der Waals surface area contributed by atoms with Crippen molar-refractivity contribution in [3.05, 3.63) is 65.0 Å². The van der Waals surface area contributed by atoms with Crippen LogP contribution in [0.3, 0.4) is 0 Å². The number of hydrogen-bond acceptors (Lipinski definition) is 6. The monoisotopic (exact) mass is 426 g/mol. The third-order valence-electron chi connectivity index (χ3n) is 3.98. The van der Waals surface area contributed by atoms with E-state index in [0.717, 1.165) is 28.2 Å². The van der Waals surface area contributed by atoms with Gasteiger partial charge in [0, 0.05) is 10.5 Å². The minimum Gasteiger partial charge on any atom is -0.462 e. The first kappa shape index (κ1) is 21.1. The number of nitrogens with zero attached hydrogens (tertiary/aromatic N) is 1. The zero-order valence-corrected chi connectivity index (χ0v) is 17.9. The molecule has 5 nitrogen and oxygen atoms in total. The fraction of sp³-hybridized carbons (Fsp3) is 0.227. The molecule has 0 radical (unpaired) electrons. The van der Waals surface area contributed by atoms with E-state index in [-0.39, 0.29) is 18.9 Å². The lowest BCUT2D eigenvalue weighted by Crippen LogP contribution is -2.14. The highest BCUT2D eigenvalue weighted by Gasteiger charge is 2.21. The van der Waals surface area contributed by atoms with Gasteiger partial charge in [0.2, 0.25) is 5.91 Å². The Kier molecular flexibility index (Phi) is 7.43. The first-order chi connectivity index (χ1) is 14.1. The molecule has 0 saturated carbocycles. The summed E-state index contributed by atoms with van der Waals surface area (Å²) in [4.78, 5) is 30.9. The summed E-state index contributed by atoms with van der Waals surface area (Å²) in [6.45, 7) is 4.14. The molecule has 0 fully saturated rings. The van der Waals surface area contributed by atoms with Gasteiger partial charge < -0.3 is 10.1 Å². The molecule has 0 spiro atoms. The standard InChI is InChI=1S/C22H22N2O3S2/c1-3-27-21(26)20-19(16-8-6-5-7-9-16)24-22(29-20)23-18(25)14-15-10-12-17(13-11-15)28-4-2/h5-13H,3-4,14H2,1-2H3,(H,23,24,25). The molecule has 150 valence electrons. The molecule has 0 aliphatic rings. The number of esters is 1. The van der Waals surface area contributed by atoms with Crippen molar-refractivity contribution < 1.29 is 14.3 Å². The Morgan fingerprint density at radius 2 is 1.79 bits per heavy atom. The van der Waals surface area contributed by atoms with E-state index in [1.165, 1.54) is 4.90 Å². The van der Waals surface area contributed by atoms with E-state index in [2.05, 4.69) is 17.2 Å². The number of thiazole rings is 1. The van der Waals surface area contributed by atoms with Crippen molar-refractivity contribution in [2.45, 2.75) is 25.2 Å². The second kappa shape index (κ2) is 10.2. The highest BCUT2D eigenvalue weighted by molar-refractivity contribution is 7.99. The Bertz CT molecular complexity index is 969. The topological polar surface area (TPSA) is 68.3 Å². The molecule has 1 amide bonds. The van der Waals surface area contributed by atoms with Crippen LogP contribution in [0.5, 0.6) is 0 Å². The molecule has 7 heteroatoms. The number of thioether (sulfide) groups is 1. The largest absolute Gasteiger partial charge is 0.462 e. The summed E-state index contributed by atoms with van der Waals surface area (Å²) in [6.07, 6.45) is 0.242. The van der Waals surface area contributed by atoms with Crippen LogP contribution in [0.25, 0.3) is 11.3 Å². The number of anilines is 1. The molecule has 0 atom stereocenters. The van der Waals surface area contributed by atoms with Gasteiger partial charge in [-0.05, 0) is 30.4 Å². The normalized spacial score (nSPS) is 10.6. The third-order valence-corrected chi connectivity index (χ3v) is 5.83. The fourth-order valence-corrected chi connectivity index (χ4v) is 4.28. The van der Waals surface area contributed by atoms with E-state index in [1.54, 1.807) is 18.7 Å². The van der Waals surface area contributed by atoms with Crippen LogP contribution in [0.15, 0.2) is 59.5 Å². The minimum atomic E-state index is -0.437. The van der Waals surface area contributed by atoms with Gasteiger partial charge in [-0.25, -0.2) is 9.78 Å². The molecule has 0 saturated heterocycles. The number of ether oxygens (including phenoxy) is 1. The van der Waals surface area contributed by atoms with Gasteiger partial charge in [-0.1, -0.05) is 60.7 Å². The predicted octanol–water partition coefficient (Wildman–Crippen LogP) is 5.28. The molecule has 3 rings (SSSR count). The fourth-order valence-electron chi connectivity index (χ4n) is 2.72. The Morgan fingerprint density at radius 1 is 1.07 bits per heavy atom. The maximum Gasteiger partial charge on any atom is 0.350 e. The molecular weight excluding hydrogens is 404 g/mol. The maximum absolute atomic E-state index is 12.5. The number of hydrogen-bond donors (Lipinski definition) is 1. The van der Waals surface area contributed by atoms with Gasteiger partial charge in [0.1, 0.15) is 4.88 Å². The number of amides is 1. The number of nitrogens with one attached hydrogen (secondary N) is 1. The van der Waals surface area contributed by atoms with Crippen molar-refractivity contribution in [1.82, 2.24) is 4.98 Å². The Labute approximate surface area is 178 Å². The second-order valence-corrected chi connectivity index (χ2v) is 8.42. The van der Waals surface area contributed by atoms with Gasteiger partial charge >= 0.3 is 5.97 Å². The van der Waals surface area contributed by atoms with Gasteiger partial charge in [-0.2, -0.15) is 0 Å². The first-order valence-electron chi connectivity index (χ1n) is 9.35. The molecule has 1 heterocycles. The highest BCUT2D eigenvalue weighted by atomic mass is 32.2. The Morgan fingerprint density at radius 3 is 2.45 bits per heavy atom. The van der Waals surface area contributed by atoms with Crippen molar-refractivity contribution in [2.75, 3.05) is 17.7 Å². The van der Waals surface area contributed by atoms with Crippen LogP contribution in [0.1, 0.15) is 29.1 Å². The average molecular weight is 427 g/mol. The molecule has 1 N–H and O–H groups in total. The summed E-state index contributed by atoms with van der Waals surface area (Å²) in [5.41, 5.74) is 2.25. The molecule has 0 bridgehead atoms. The van der Waals surface area contributed by atoms with Crippen molar-refractivity contribution in [3.63, 3.8) is 0 Å². The molecule has 29 heavy (non-hydrogen) atoms. The lowest BCUT2D eigenvalue weighted by Gasteiger charge is -2.03. The summed E-state index contributed by atoms with van der Waals surface area (Å²) in [6, 6.07) is 17.4. The van der Waals surface area contributed by atoms with Crippen LogP contribution in [-0.4, -0.2) is 29.2 Å². The van der Waals surface area contributed by atoms with Crippen LogP contribution in [0, 0.1) is 0 Å². The zero-order valence-electron chi connectivity index (χ0n) is 16.3. The average Bonchev–Trinajstić information content (AvgIpc) is 3.14. The quantitative estimate of drug-likeness (QED) is 0.392. The summed E-state index contributed by atoms with van der Waals surface area (Å²) in [7, 11) is 0. The molecule has 2 aromatic carbocycles. The number of rotatable bonds is 8. The summed E-state index contributed by atoms with van der Waals surface area (Å²) in [5, 5.41) is 3.20. The molecule has 0 aliphatic heterocycles. The molecular formula is C22H22N2O3S2. The number of aromatic nitrogens is 1. The minimum absolute atomic E-state index is 0.176. The summed E-state index contributed by atoms with van der Waals surface area (Å²) >= 11 is 2.89. The van der Waals surface area contributed by atoms with Gasteiger partial charge in [-0.15, -0.1) is 11.8 Å². The number of benzene rings is 2. The SMILES string of the molecule is CCOC(=O)c1sc(NC(=O)Cc2ccc(SCC)cc2)nc1-c1ccccc1. The highest BCUT2D eigenvalue weighted by Crippen LogP contribution is 2.32. The third kappa shape index (κ3) is 5.68. The van der Waals surface area contributed by atoms with Gasteiger partial charge in [0.25, 0.3) is 0 Å². The number of carbonyl (C=O) groups excluding carboxylic acids is 2. The summed E-state index contributed by atoms with van der Waals surface area (Å²) in [5.74, 6) is 0.397. The van der Waals surface area contributed by atoms with Crippen molar-refractivity contribution >= 4 is 40.1 Å². The van der Waals surface area contributed by atoms with Crippen LogP contribution in [0.4, 0.5) is 5.13 Å². The van der Waals surface area contributed by atoms with E-state index in [1.807, 2.05) is 54.6 Å². The van der Waals surface area contributed by atoms with E-state index >= 15 is 0 Å². The Balaban J connectivity index is 1.76. The molecule has 0 unspecified atom stereocenters. The lowest BCUT2D eigenvalue weighted by atomic mass is 10.1. The van der Waals surface area contributed by atoms with E-state index in [4.69, 9.17) is 4.74 Å². The summed E-state index contributed by atoms with van der Waals surface area (Å²) < 4.78 is 5.15. The van der Waals surface area contributed by atoms with E-state index in [0.29, 0.717) is 15.7 Å². The van der Waals surface area contributed by atoms with Crippen LogP contribution in [-0.2, 0) is 16.0 Å². The van der Waals surface area contributed by atoms with Crippen molar-refractivity contribution in [2.24, 2.45) is 0 Å². The van der Waals surface area contributed by atoms with Crippen LogP contribution in [0.2, 0.25) is 0 Å². The van der Waals surface area contributed by atoms with Crippen LogP contribution >= 0.6 is 23.1 Å². The second-order valence-electron chi connectivity index (χ2n) is 6.09. The van der Waals surface area contributed by atoms with E-state index < -0.39 is 5.97 Å². The van der Waals surface area contributed by atoms with Gasteiger partial charge in [0.05, 0.1) is 18.7 Å². The molecule has 1 aromatic heterocycles. The lowest BCUT2D eigenvalue weighted by molar-refractivity contribution is -0.115. The predicted molar refractivity (Wildman–Crippen MR) is 119 cm³/mol. The van der Waals surface area contributed by atoms with Gasteiger partial charge in [-0.3, -0.25) is 4.79 Å². The maximum atomic E-state index is 12.5. The first-order valence-corrected chi connectivity index (χ1v) is 11.2. The van der Waals surface area contributed by atoms with Crippen molar-refractivity contribution in [1.29, 1.82) is 0 Å². The Hall–Kier alpha value is -2.64. The smallest absolute Gasteiger partial charge is 0.350 e. The number of carbonyl (C=O) groups is 2. The zero-order chi connectivity index (χ0) is 20.6. The van der Waals surface area contributed by atoms with Gasteiger partial charge in [0.15, 0.2) is 5.13 Å². The van der Waals surface area contributed by atoms with Crippen LogP contribution < -0.4 is 5.32 Å².